The number of carboxylic acid groups (broad SMARTS) is 1. The third kappa shape index (κ3) is 3.42. The van der Waals surface area contributed by atoms with Gasteiger partial charge in [-0.15, -0.1) is 0 Å². The van der Waals surface area contributed by atoms with Gasteiger partial charge in [-0.3, -0.25) is 4.79 Å². The van der Waals surface area contributed by atoms with Crippen molar-refractivity contribution in [3.05, 3.63) is 0 Å². The van der Waals surface area contributed by atoms with Crippen LogP contribution in [0.4, 0.5) is 4.79 Å². The summed E-state index contributed by atoms with van der Waals surface area (Å²) in [5.74, 6) is -0.697. The lowest BCUT2D eigenvalue weighted by Gasteiger charge is -2.36. The van der Waals surface area contributed by atoms with E-state index in [1.54, 1.807) is 4.90 Å². The number of likely N-dealkylation sites (tertiary alicyclic amines) is 1. The van der Waals surface area contributed by atoms with Crippen LogP contribution in [0.25, 0.3) is 0 Å². The van der Waals surface area contributed by atoms with Crippen LogP contribution >= 0.6 is 0 Å². The number of aliphatic carboxylic acids is 1. The molecule has 2 N–H and O–H groups in total. The Morgan fingerprint density at radius 1 is 1.35 bits per heavy atom. The Morgan fingerprint density at radius 3 is 2.65 bits per heavy atom. The summed E-state index contributed by atoms with van der Waals surface area (Å²) < 4.78 is 5.47. The minimum atomic E-state index is -0.756. The van der Waals surface area contributed by atoms with Crippen LogP contribution in [0.15, 0.2) is 0 Å². The van der Waals surface area contributed by atoms with Crippen molar-refractivity contribution in [3.63, 3.8) is 0 Å². The largest absolute Gasteiger partial charge is 0.481 e. The van der Waals surface area contributed by atoms with Crippen LogP contribution < -0.4 is 5.32 Å². The Morgan fingerprint density at radius 2 is 2.10 bits per heavy atom. The van der Waals surface area contributed by atoms with E-state index in [0.29, 0.717) is 31.8 Å². The first-order valence-corrected chi connectivity index (χ1v) is 7.38. The summed E-state index contributed by atoms with van der Waals surface area (Å²) in [6, 6.07) is -0.109. The van der Waals surface area contributed by atoms with E-state index in [1.165, 1.54) is 0 Å². The van der Waals surface area contributed by atoms with E-state index in [1.807, 2.05) is 13.8 Å². The molecule has 0 aromatic rings. The van der Waals surface area contributed by atoms with Crippen molar-refractivity contribution in [1.29, 1.82) is 0 Å². The molecule has 6 nitrogen and oxygen atoms in total. The summed E-state index contributed by atoms with van der Waals surface area (Å²) in [5.41, 5.74) is 0. The van der Waals surface area contributed by atoms with Crippen LogP contribution in [0.1, 0.15) is 33.1 Å². The zero-order valence-corrected chi connectivity index (χ0v) is 12.2. The summed E-state index contributed by atoms with van der Waals surface area (Å²) in [6.45, 7) is 5.86. The van der Waals surface area contributed by atoms with Crippen molar-refractivity contribution in [1.82, 2.24) is 10.2 Å². The SMILES string of the molecule is CC1OCCC1CNC(=O)N1CCC(C(=O)O)CC1C. The van der Waals surface area contributed by atoms with E-state index < -0.39 is 5.97 Å². The predicted molar refractivity (Wildman–Crippen MR) is 73.4 cm³/mol. The summed E-state index contributed by atoms with van der Waals surface area (Å²) in [5, 5.41) is 12.0. The number of hydrogen-bond donors (Lipinski definition) is 2. The summed E-state index contributed by atoms with van der Waals surface area (Å²) >= 11 is 0. The van der Waals surface area contributed by atoms with E-state index in [-0.39, 0.29) is 24.1 Å². The minimum Gasteiger partial charge on any atom is -0.481 e. The molecular weight excluding hydrogens is 260 g/mol. The topological polar surface area (TPSA) is 78.9 Å². The van der Waals surface area contributed by atoms with Gasteiger partial charge in [-0.1, -0.05) is 0 Å². The number of amides is 2. The molecule has 2 heterocycles. The lowest BCUT2D eigenvalue weighted by Crippen LogP contribution is -2.51. The maximum Gasteiger partial charge on any atom is 0.317 e. The highest BCUT2D eigenvalue weighted by Crippen LogP contribution is 2.23. The molecule has 2 aliphatic heterocycles. The van der Waals surface area contributed by atoms with Gasteiger partial charge in [0.2, 0.25) is 0 Å². The van der Waals surface area contributed by atoms with Gasteiger partial charge in [0.15, 0.2) is 0 Å². The molecule has 20 heavy (non-hydrogen) atoms. The second-order valence-corrected chi connectivity index (χ2v) is 5.91. The van der Waals surface area contributed by atoms with Crippen molar-refractivity contribution in [2.75, 3.05) is 19.7 Å². The standard InChI is InChI=1S/C14H24N2O4/c1-9-7-11(13(17)18)3-5-16(9)14(19)15-8-12-4-6-20-10(12)2/h9-12H,3-8H2,1-2H3,(H,15,19)(H,17,18). The number of rotatable bonds is 3. The van der Waals surface area contributed by atoms with Crippen molar-refractivity contribution in [3.8, 4) is 0 Å². The third-order valence-corrected chi connectivity index (χ3v) is 4.53. The zero-order valence-electron chi connectivity index (χ0n) is 12.2. The molecule has 2 rings (SSSR count). The van der Waals surface area contributed by atoms with E-state index in [2.05, 4.69) is 5.32 Å². The maximum absolute atomic E-state index is 12.2. The molecule has 114 valence electrons. The van der Waals surface area contributed by atoms with Gasteiger partial charge in [-0.25, -0.2) is 4.79 Å². The third-order valence-electron chi connectivity index (χ3n) is 4.53. The highest BCUT2D eigenvalue weighted by molar-refractivity contribution is 5.75. The molecule has 2 amide bonds. The Labute approximate surface area is 119 Å². The Kier molecular flexibility index (Phi) is 4.86. The van der Waals surface area contributed by atoms with Crippen LogP contribution in [0.3, 0.4) is 0 Å². The van der Waals surface area contributed by atoms with Gasteiger partial charge in [0, 0.05) is 31.7 Å². The fraction of sp³-hybridized carbons (Fsp3) is 0.857. The fourth-order valence-electron chi connectivity index (χ4n) is 3.06. The quantitative estimate of drug-likeness (QED) is 0.819. The summed E-state index contributed by atoms with van der Waals surface area (Å²) in [4.78, 5) is 24.9. The molecule has 2 saturated heterocycles. The summed E-state index contributed by atoms with van der Waals surface area (Å²) in [7, 11) is 0. The van der Waals surface area contributed by atoms with E-state index in [9.17, 15) is 9.59 Å². The van der Waals surface area contributed by atoms with Crippen LogP contribution in [-0.4, -0.2) is 53.8 Å². The van der Waals surface area contributed by atoms with Gasteiger partial charge in [-0.2, -0.15) is 0 Å². The van der Waals surface area contributed by atoms with E-state index in [0.717, 1.165) is 13.0 Å². The second kappa shape index (κ2) is 6.43. The summed E-state index contributed by atoms with van der Waals surface area (Å²) in [6.07, 6.45) is 2.25. The molecule has 0 saturated carbocycles. The van der Waals surface area contributed by atoms with E-state index in [4.69, 9.17) is 9.84 Å². The highest BCUT2D eigenvalue weighted by Gasteiger charge is 2.33. The first-order valence-electron chi connectivity index (χ1n) is 7.38. The predicted octanol–water partition coefficient (Wildman–Crippen LogP) is 1.31. The Hall–Kier alpha value is -1.30. The molecule has 0 radical (unpaired) electrons. The molecule has 4 atom stereocenters. The number of ether oxygens (including phenoxy) is 1. The number of nitrogens with zero attached hydrogens (tertiary/aromatic N) is 1. The highest BCUT2D eigenvalue weighted by atomic mass is 16.5. The maximum atomic E-state index is 12.2. The average Bonchev–Trinajstić information content (AvgIpc) is 2.81. The van der Waals surface area contributed by atoms with Crippen molar-refractivity contribution in [2.45, 2.75) is 45.3 Å². The van der Waals surface area contributed by atoms with Gasteiger partial charge in [-0.05, 0) is 33.1 Å². The molecule has 0 aromatic heterocycles. The Bertz CT molecular complexity index is 374. The van der Waals surface area contributed by atoms with Gasteiger partial charge >= 0.3 is 12.0 Å². The van der Waals surface area contributed by atoms with Crippen LogP contribution in [0.5, 0.6) is 0 Å². The zero-order chi connectivity index (χ0) is 14.7. The van der Waals surface area contributed by atoms with Gasteiger partial charge in [0.25, 0.3) is 0 Å². The number of hydrogen-bond acceptors (Lipinski definition) is 3. The number of carbonyl (C=O) groups is 2. The van der Waals surface area contributed by atoms with Crippen molar-refractivity contribution >= 4 is 12.0 Å². The van der Waals surface area contributed by atoms with Crippen molar-refractivity contribution < 1.29 is 19.4 Å². The number of nitrogens with one attached hydrogen (secondary N) is 1. The van der Waals surface area contributed by atoms with Crippen LogP contribution in [0.2, 0.25) is 0 Å². The lowest BCUT2D eigenvalue weighted by molar-refractivity contribution is -0.143. The number of carboxylic acids is 1. The van der Waals surface area contributed by atoms with Gasteiger partial charge in [0.05, 0.1) is 12.0 Å². The molecule has 4 unspecified atom stereocenters. The first kappa shape index (κ1) is 15.1. The number of piperidine rings is 1. The van der Waals surface area contributed by atoms with Crippen LogP contribution in [0, 0.1) is 11.8 Å². The fourth-order valence-corrected chi connectivity index (χ4v) is 3.06. The molecule has 0 aromatic carbocycles. The second-order valence-electron chi connectivity index (χ2n) is 5.91. The smallest absolute Gasteiger partial charge is 0.317 e. The minimum absolute atomic E-state index is 0.0258. The molecule has 6 heteroatoms. The van der Waals surface area contributed by atoms with Gasteiger partial charge < -0.3 is 20.1 Å². The normalized spacial score (nSPS) is 34.0. The Balaban J connectivity index is 1.79. The molecule has 2 fully saturated rings. The van der Waals surface area contributed by atoms with Gasteiger partial charge in [0.1, 0.15) is 0 Å². The first-order chi connectivity index (χ1) is 9.49. The molecule has 2 aliphatic rings. The molecule has 0 aliphatic carbocycles. The number of carbonyl (C=O) groups excluding carboxylic acids is 1. The molecule has 0 bridgehead atoms. The van der Waals surface area contributed by atoms with E-state index >= 15 is 0 Å². The van der Waals surface area contributed by atoms with Crippen molar-refractivity contribution in [2.24, 2.45) is 11.8 Å². The molecular formula is C14H24N2O4. The average molecular weight is 284 g/mol. The lowest BCUT2D eigenvalue weighted by atomic mass is 9.92. The monoisotopic (exact) mass is 284 g/mol. The molecule has 0 spiro atoms. The number of urea groups is 1. The van der Waals surface area contributed by atoms with Crippen LogP contribution in [-0.2, 0) is 9.53 Å².